The van der Waals surface area contributed by atoms with E-state index >= 15 is 0 Å². The van der Waals surface area contributed by atoms with Crippen molar-refractivity contribution in [1.82, 2.24) is 0 Å². The van der Waals surface area contributed by atoms with Crippen molar-refractivity contribution in [2.75, 3.05) is 0 Å². The fourth-order valence-corrected chi connectivity index (χ4v) is 2.38. The molecule has 2 unspecified atom stereocenters. The molecule has 0 aromatic heterocycles. The molecule has 0 spiro atoms. The van der Waals surface area contributed by atoms with Crippen LogP contribution in [0.4, 0.5) is 0 Å². The molecule has 0 nitrogen and oxygen atoms in total. The molecule has 0 heterocycles. The number of rotatable bonds is 4. The molecule has 0 aromatic rings. The van der Waals surface area contributed by atoms with Crippen LogP contribution in [0.3, 0.4) is 0 Å². The Bertz CT molecular complexity index is 163. The highest BCUT2D eigenvalue weighted by Crippen LogP contribution is 2.43. The van der Waals surface area contributed by atoms with E-state index in [2.05, 4.69) is 48.5 Å². The van der Waals surface area contributed by atoms with Gasteiger partial charge in [0.2, 0.25) is 0 Å². The summed E-state index contributed by atoms with van der Waals surface area (Å²) in [6.45, 7) is 16.2. The van der Waals surface area contributed by atoms with E-state index in [1.165, 1.54) is 12.8 Å². The minimum Gasteiger partial charge on any atom is -0.175 e. The van der Waals surface area contributed by atoms with E-state index in [0.717, 1.165) is 0 Å². The van der Waals surface area contributed by atoms with Gasteiger partial charge in [-0.1, -0.05) is 61.3 Å². The average molecular weight is 216 g/mol. The number of thiol groups is 1. The molecule has 0 radical (unpaired) electrons. The van der Waals surface area contributed by atoms with Gasteiger partial charge >= 0.3 is 0 Å². The first-order chi connectivity index (χ1) is 6.19. The Kier molecular flexibility index (Phi) is 5.04. The first-order valence-corrected chi connectivity index (χ1v) is 6.38. The molecule has 0 aliphatic rings. The van der Waals surface area contributed by atoms with E-state index in [4.69, 9.17) is 12.6 Å². The highest BCUT2D eigenvalue weighted by molar-refractivity contribution is 7.81. The van der Waals surface area contributed by atoms with Crippen LogP contribution in [0, 0.1) is 16.7 Å². The molecular weight excluding hydrogens is 188 g/mol. The zero-order valence-corrected chi connectivity index (χ0v) is 11.9. The Morgan fingerprint density at radius 2 is 1.36 bits per heavy atom. The standard InChI is InChI=1S/C13H28S/c1-8-13(7,9-2)10(3)11(14)12(4,5)6/h10-11,14H,8-9H2,1-7H3. The van der Waals surface area contributed by atoms with Crippen LogP contribution in [0.1, 0.15) is 61.3 Å². The fourth-order valence-electron chi connectivity index (χ4n) is 2.03. The number of hydrogen-bond donors (Lipinski definition) is 1. The van der Waals surface area contributed by atoms with Gasteiger partial charge in [-0.2, -0.15) is 12.6 Å². The Hall–Kier alpha value is 0.350. The fraction of sp³-hybridized carbons (Fsp3) is 1.00. The quantitative estimate of drug-likeness (QED) is 0.642. The molecule has 0 saturated carbocycles. The van der Waals surface area contributed by atoms with Crippen LogP contribution in [0.15, 0.2) is 0 Å². The van der Waals surface area contributed by atoms with Crippen molar-refractivity contribution in [3.05, 3.63) is 0 Å². The van der Waals surface area contributed by atoms with Crippen LogP contribution in [0.25, 0.3) is 0 Å². The van der Waals surface area contributed by atoms with Crippen molar-refractivity contribution in [3.63, 3.8) is 0 Å². The van der Waals surface area contributed by atoms with Crippen molar-refractivity contribution < 1.29 is 0 Å². The summed E-state index contributed by atoms with van der Waals surface area (Å²) < 4.78 is 0. The third-order valence-corrected chi connectivity index (χ3v) is 5.30. The average Bonchev–Trinajstić information content (AvgIpc) is 2.12. The lowest BCUT2D eigenvalue weighted by atomic mass is 9.68. The van der Waals surface area contributed by atoms with Crippen molar-refractivity contribution >= 4 is 12.6 Å². The smallest absolute Gasteiger partial charge is 0.00961 e. The van der Waals surface area contributed by atoms with Crippen LogP contribution in [0.2, 0.25) is 0 Å². The highest BCUT2D eigenvalue weighted by atomic mass is 32.1. The van der Waals surface area contributed by atoms with Crippen molar-refractivity contribution in [3.8, 4) is 0 Å². The van der Waals surface area contributed by atoms with Gasteiger partial charge in [0.05, 0.1) is 0 Å². The first-order valence-electron chi connectivity index (χ1n) is 5.87. The minimum atomic E-state index is 0.300. The molecule has 0 N–H and O–H groups in total. The maximum atomic E-state index is 4.81. The zero-order valence-electron chi connectivity index (χ0n) is 11.0. The van der Waals surface area contributed by atoms with Crippen molar-refractivity contribution in [2.45, 2.75) is 66.6 Å². The van der Waals surface area contributed by atoms with Gasteiger partial charge in [0.1, 0.15) is 0 Å². The number of hydrogen-bond acceptors (Lipinski definition) is 1. The van der Waals surface area contributed by atoms with Crippen LogP contribution in [0.5, 0.6) is 0 Å². The van der Waals surface area contributed by atoms with Gasteiger partial charge in [0.15, 0.2) is 0 Å². The second-order valence-electron chi connectivity index (χ2n) is 5.96. The molecule has 0 aliphatic carbocycles. The Morgan fingerprint density at radius 1 is 1.00 bits per heavy atom. The van der Waals surface area contributed by atoms with Gasteiger partial charge in [-0.25, -0.2) is 0 Å². The summed E-state index contributed by atoms with van der Waals surface area (Å²) in [5.41, 5.74) is 0.744. The van der Waals surface area contributed by atoms with Gasteiger partial charge in [0.25, 0.3) is 0 Å². The third-order valence-electron chi connectivity index (χ3n) is 4.08. The molecule has 14 heavy (non-hydrogen) atoms. The van der Waals surface area contributed by atoms with Gasteiger partial charge in [-0.3, -0.25) is 0 Å². The third kappa shape index (κ3) is 3.18. The molecule has 0 fully saturated rings. The Balaban J connectivity index is 4.67. The van der Waals surface area contributed by atoms with Crippen molar-refractivity contribution in [1.29, 1.82) is 0 Å². The lowest BCUT2D eigenvalue weighted by Gasteiger charge is -2.42. The molecule has 0 saturated heterocycles. The summed E-state index contributed by atoms with van der Waals surface area (Å²) in [6.07, 6.45) is 2.50. The molecule has 0 bridgehead atoms. The Labute approximate surface area is 96.3 Å². The second kappa shape index (κ2) is 4.92. The summed E-state index contributed by atoms with van der Waals surface area (Å²) in [5.74, 6) is 0.667. The van der Waals surface area contributed by atoms with Crippen LogP contribution in [-0.4, -0.2) is 5.25 Å². The summed E-state index contributed by atoms with van der Waals surface area (Å²) >= 11 is 4.81. The molecular formula is C13H28S. The predicted molar refractivity (Wildman–Crippen MR) is 70.1 cm³/mol. The largest absolute Gasteiger partial charge is 0.175 e. The van der Waals surface area contributed by atoms with Crippen LogP contribution in [-0.2, 0) is 0 Å². The maximum Gasteiger partial charge on any atom is 0.00961 e. The zero-order chi connectivity index (χ0) is 11.6. The van der Waals surface area contributed by atoms with E-state index in [1.54, 1.807) is 0 Å². The maximum absolute atomic E-state index is 4.81. The Morgan fingerprint density at radius 3 is 1.57 bits per heavy atom. The van der Waals surface area contributed by atoms with Crippen LogP contribution < -0.4 is 0 Å². The topological polar surface area (TPSA) is 0 Å². The summed E-state index contributed by atoms with van der Waals surface area (Å²) in [5, 5.41) is 0.479. The van der Waals surface area contributed by atoms with Gasteiger partial charge in [-0.15, -0.1) is 0 Å². The SMILES string of the molecule is CCC(C)(CC)C(C)C(S)C(C)(C)C. The summed E-state index contributed by atoms with van der Waals surface area (Å²) in [4.78, 5) is 0. The van der Waals surface area contributed by atoms with E-state index in [-0.39, 0.29) is 0 Å². The van der Waals surface area contributed by atoms with E-state index in [9.17, 15) is 0 Å². The first kappa shape index (κ1) is 14.3. The lowest BCUT2D eigenvalue weighted by molar-refractivity contribution is 0.142. The molecule has 0 amide bonds. The predicted octanol–water partition coefficient (Wildman–Crippen LogP) is 4.79. The normalized spacial score (nSPS) is 18.0. The lowest BCUT2D eigenvalue weighted by Crippen LogP contribution is -2.37. The van der Waals surface area contributed by atoms with Gasteiger partial charge < -0.3 is 0 Å². The minimum absolute atomic E-state index is 0.300. The summed E-state index contributed by atoms with van der Waals surface area (Å²) in [6, 6.07) is 0. The van der Waals surface area contributed by atoms with Crippen LogP contribution >= 0.6 is 12.6 Å². The monoisotopic (exact) mass is 216 g/mol. The summed E-state index contributed by atoms with van der Waals surface area (Å²) in [7, 11) is 0. The molecule has 0 rings (SSSR count). The van der Waals surface area contributed by atoms with E-state index < -0.39 is 0 Å². The second-order valence-corrected chi connectivity index (χ2v) is 6.52. The van der Waals surface area contributed by atoms with Crippen molar-refractivity contribution in [2.24, 2.45) is 16.7 Å². The molecule has 0 aromatic carbocycles. The van der Waals surface area contributed by atoms with E-state index in [1.807, 2.05) is 0 Å². The van der Waals surface area contributed by atoms with E-state index in [0.29, 0.717) is 22.0 Å². The molecule has 1 heteroatoms. The highest BCUT2D eigenvalue weighted by Gasteiger charge is 2.36. The molecule has 2 atom stereocenters. The van der Waals surface area contributed by atoms with Gasteiger partial charge in [0, 0.05) is 5.25 Å². The molecule has 0 aliphatic heterocycles. The molecule has 86 valence electrons. The van der Waals surface area contributed by atoms with Gasteiger partial charge in [-0.05, 0) is 16.7 Å².